The molecule has 4 aromatic carbocycles. The van der Waals surface area contributed by atoms with E-state index in [1.165, 1.54) is 62.6 Å². The Morgan fingerprint density at radius 2 is 1.41 bits per heavy atom. The van der Waals surface area contributed by atoms with Gasteiger partial charge in [-0.15, -0.1) is 28.5 Å². The normalized spacial score (nSPS) is 11.1. The first kappa shape index (κ1) is 27.3. The van der Waals surface area contributed by atoms with Crippen LogP contribution in [-0.4, -0.2) is 0 Å². The fraction of sp³-hybridized carbons (Fsp3) is 0.323. The molecule has 0 saturated heterocycles. The van der Waals surface area contributed by atoms with E-state index in [1.54, 1.807) is 0 Å². The average Bonchev–Trinajstić information content (AvgIpc) is 3.25. The fourth-order valence-corrected chi connectivity index (χ4v) is 4.53. The number of aryl methyl sites for hydroxylation is 1. The molecule has 0 unspecified atom stereocenters. The van der Waals surface area contributed by atoms with Crippen molar-refractivity contribution >= 4 is 27.8 Å². The fourth-order valence-electron chi connectivity index (χ4n) is 4.53. The maximum atomic E-state index is 4.93. The molecule has 0 saturated carbocycles. The van der Waals surface area contributed by atoms with Crippen molar-refractivity contribution in [3.8, 4) is 22.3 Å². The molecule has 0 amide bonds. The average molecular weight is 570 g/mol. The van der Waals surface area contributed by atoms with E-state index in [9.17, 15) is 0 Å². The molecule has 0 fully saturated rings. The number of rotatable bonds is 7. The van der Waals surface area contributed by atoms with E-state index < -0.39 is 20.8 Å². The first-order valence-electron chi connectivity index (χ1n) is 12.3. The molecule has 0 bridgehead atoms. The molecule has 0 aliphatic heterocycles. The van der Waals surface area contributed by atoms with Gasteiger partial charge in [-0.1, -0.05) is 108 Å². The number of hydrogen-bond donors (Lipinski definition) is 0. The summed E-state index contributed by atoms with van der Waals surface area (Å²) in [7, 11) is 9.87. The molecular weight excluding hydrogens is 534 g/mol. The van der Waals surface area contributed by atoms with Crippen LogP contribution in [0.1, 0.15) is 76.0 Å². The zero-order valence-corrected chi connectivity index (χ0v) is 24.9. The molecule has 0 radical (unpaired) electrons. The van der Waals surface area contributed by atoms with Gasteiger partial charge in [0.05, 0.1) is 0 Å². The summed E-state index contributed by atoms with van der Waals surface area (Å²) in [5.74, 6) is 1.02. The molecule has 0 spiro atoms. The number of benzene rings is 3. The Morgan fingerprint density at radius 1 is 0.794 bits per heavy atom. The SMILES string of the molecule is CCCCc1cc2c(-c3cc(C(C)C)cc(C(C)C)c3)c(-c3ccccc3)ccc2[cH-]1.[Cl][Zr][Cl]. The molecule has 3 heteroatoms. The van der Waals surface area contributed by atoms with Crippen molar-refractivity contribution < 1.29 is 20.8 Å². The first-order chi connectivity index (χ1) is 16.4. The van der Waals surface area contributed by atoms with Gasteiger partial charge in [-0.05, 0) is 46.1 Å². The van der Waals surface area contributed by atoms with Gasteiger partial charge in [-0.3, -0.25) is 0 Å². The van der Waals surface area contributed by atoms with E-state index in [4.69, 9.17) is 17.0 Å². The third-order valence-electron chi connectivity index (χ3n) is 6.45. The van der Waals surface area contributed by atoms with E-state index in [1.807, 2.05) is 0 Å². The van der Waals surface area contributed by atoms with Crippen molar-refractivity contribution in [3.05, 3.63) is 89.5 Å². The zero-order chi connectivity index (χ0) is 24.7. The summed E-state index contributed by atoms with van der Waals surface area (Å²) in [5, 5.41) is 2.75. The molecule has 0 aromatic heterocycles. The monoisotopic (exact) mass is 567 g/mol. The van der Waals surface area contributed by atoms with Crippen molar-refractivity contribution in [1.82, 2.24) is 0 Å². The van der Waals surface area contributed by atoms with Gasteiger partial charge in [0.25, 0.3) is 0 Å². The van der Waals surface area contributed by atoms with Crippen LogP contribution in [0.4, 0.5) is 0 Å². The van der Waals surface area contributed by atoms with Gasteiger partial charge in [0.1, 0.15) is 0 Å². The van der Waals surface area contributed by atoms with Gasteiger partial charge in [-0.2, -0.15) is 6.07 Å². The minimum atomic E-state index is -0.826. The molecule has 0 aliphatic rings. The standard InChI is InChI=1S/C31H35.2ClH.Zr/c1-6-7-11-23-16-25-14-15-29(24-12-9-8-10-13-24)31(30(25)17-23)28-19-26(21(2)3)18-27(20-28)22(4)5;;;/h8-10,12-22H,6-7,11H2,1-5H3;2*1H;/q-1;;;+2/p-2. The van der Waals surface area contributed by atoms with E-state index in [-0.39, 0.29) is 0 Å². The Labute approximate surface area is 224 Å². The predicted octanol–water partition coefficient (Wildman–Crippen LogP) is 10.9. The van der Waals surface area contributed by atoms with Crippen LogP contribution >= 0.6 is 17.0 Å². The van der Waals surface area contributed by atoms with Crippen LogP contribution in [0.2, 0.25) is 0 Å². The number of hydrogen-bond acceptors (Lipinski definition) is 0. The van der Waals surface area contributed by atoms with E-state index in [0.717, 1.165) is 6.42 Å². The first-order valence-corrected chi connectivity index (χ1v) is 18.6. The third-order valence-corrected chi connectivity index (χ3v) is 6.45. The number of unbranched alkanes of at least 4 members (excludes halogenated alkanes) is 1. The van der Waals surface area contributed by atoms with Crippen LogP contribution < -0.4 is 0 Å². The van der Waals surface area contributed by atoms with Crippen molar-refractivity contribution in [2.24, 2.45) is 0 Å². The second kappa shape index (κ2) is 13.2. The second-order valence-electron chi connectivity index (χ2n) is 9.59. The molecule has 4 aromatic rings. The number of fused-ring (bicyclic) bond motifs is 1. The van der Waals surface area contributed by atoms with Crippen molar-refractivity contribution in [2.45, 2.75) is 65.7 Å². The summed E-state index contributed by atoms with van der Waals surface area (Å²) >= 11 is -0.826. The van der Waals surface area contributed by atoms with Crippen LogP contribution in [0.15, 0.2) is 72.8 Å². The summed E-state index contributed by atoms with van der Waals surface area (Å²) in [6.07, 6.45) is 3.64. The van der Waals surface area contributed by atoms with E-state index in [2.05, 4.69) is 107 Å². The van der Waals surface area contributed by atoms with Crippen molar-refractivity contribution in [1.29, 1.82) is 0 Å². The van der Waals surface area contributed by atoms with E-state index in [0.29, 0.717) is 11.8 Å². The summed E-state index contributed by atoms with van der Waals surface area (Å²) in [6, 6.07) is 27.6. The van der Waals surface area contributed by atoms with Crippen LogP contribution in [0.25, 0.3) is 33.0 Å². The van der Waals surface area contributed by atoms with E-state index >= 15 is 0 Å². The minimum absolute atomic E-state index is 0.511. The molecule has 34 heavy (non-hydrogen) atoms. The van der Waals surface area contributed by atoms with Gasteiger partial charge >= 0.3 is 37.9 Å². The summed E-state index contributed by atoms with van der Waals surface area (Å²) < 4.78 is 0. The van der Waals surface area contributed by atoms with Crippen molar-refractivity contribution in [2.75, 3.05) is 0 Å². The molecule has 0 N–H and O–H groups in total. The topological polar surface area (TPSA) is 0 Å². The Balaban J connectivity index is 0.00000103. The molecule has 0 atom stereocenters. The molecule has 0 nitrogen and oxygen atoms in total. The third kappa shape index (κ3) is 6.69. The van der Waals surface area contributed by atoms with Gasteiger partial charge in [0, 0.05) is 0 Å². The zero-order valence-electron chi connectivity index (χ0n) is 21.0. The van der Waals surface area contributed by atoms with Crippen LogP contribution in [0.5, 0.6) is 0 Å². The van der Waals surface area contributed by atoms with Gasteiger partial charge in [0.2, 0.25) is 0 Å². The van der Waals surface area contributed by atoms with Crippen LogP contribution in [0, 0.1) is 0 Å². The Kier molecular flexibility index (Phi) is 10.6. The summed E-state index contributed by atoms with van der Waals surface area (Å²) in [4.78, 5) is 0. The molecule has 0 aliphatic carbocycles. The Bertz CT molecular complexity index is 1160. The Morgan fingerprint density at radius 3 is 1.97 bits per heavy atom. The molecule has 178 valence electrons. The second-order valence-corrected chi connectivity index (χ2v) is 13.3. The molecular formula is C31H35Cl2Zr-. The molecule has 0 heterocycles. The molecule has 4 rings (SSSR count). The maximum absolute atomic E-state index is 4.93. The number of halogens is 2. The van der Waals surface area contributed by atoms with Gasteiger partial charge in [0.15, 0.2) is 0 Å². The Hall–Kier alpha value is -1.27. The van der Waals surface area contributed by atoms with Crippen LogP contribution in [-0.2, 0) is 27.3 Å². The summed E-state index contributed by atoms with van der Waals surface area (Å²) in [5.41, 5.74) is 9.67. The summed E-state index contributed by atoms with van der Waals surface area (Å²) in [6.45, 7) is 11.5. The van der Waals surface area contributed by atoms with Gasteiger partial charge in [-0.25, -0.2) is 0 Å². The van der Waals surface area contributed by atoms with Crippen LogP contribution in [0.3, 0.4) is 0 Å². The van der Waals surface area contributed by atoms with Gasteiger partial charge < -0.3 is 0 Å². The van der Waals surface area contributed by atoms with Crippen molar-refractivity contribution in [3.63, 3.8) is 0 Å². The quantitative estimate of drug-likeness (QED) is 0.194. The predicted molar refractivity (Wildman–Crippen MR) is 149 cm³/mol.